The lowest BCUT2D eigenvalue weighted by atomic mass is 10.2. The average molecular weight is 417 g/mol. The third kappa shape index (κ3) is 3.00. The summed E-state index contributed by atoms with van der Waals surface area (Å²) in [6, 6.07) is 12.9. The molecule has 0 aliphatic rings. The van der Waals surface area contributed by atoms with Crippen molar-refractivity contribution >= 4 is 39.8 Å². The molecule has 0 saturated carbocycles. The van der Waals surface area contributed by atoms with Crippen molar-refractivity contribution in [3.05, 3.63) is 69.1 Å². The SMILES string of the molecule is N#Cc1c(COC(=O)c2cc(I)ccc2N)cn2ccccc12. The number of aromatic nitrogens is 1. The number of carbonyl (C=O) groups excluding carboxylic acids is 1. The zero-order valence-electron chi connectivity index (χ0n) is 12.0. The van der Waals surface area contributed by atoms with Crippen LogP contribution in [0, 0.1) is 14.9 Å². The number of nitriles is 1. The molecule has 0 radical (unpaired) electrons. The van der Waals surface area contributed by atoms with Crippen LogP contribution in [0.3, 0.4) is 0 Å². The number of nitrogens with two attached hydrogens (primary N) is 1. The highest BCUT2D eigenvalue weighted by Crippen LogP contribution is 2.21. The number of nitrogens with zero attached hydrogens (tertiary/aromatic N) is 2. The first-order chi connectivity index (χ1) is 11.1. The summed E-state index contributed by atoms with van der Waals surface area (Å²) in [5, 5.41) is 9.34. The van der Waals surface area contributed by atoms with Crippen LogP contribution in [0.2, 0.25) is 0 Å². The van der Waals surface area contributed by atoms with E-state index in [2.05, 4.69) is 28.7 Å². The molecule has 6 heteroatoms. The van der Waals surface area contributed by atoms with Crippen LogP contribution in [0.5, 0.6) is 0 Å². The molecule has 2 aromatic heterocycles. The highest BCUT2D eigenvalue weighted by Gasteiger charge is 2.15. The molecule has 0 saturated heterocycles. The van der Waals surface area contributed by atoms with E-state index in [4.69, 9.17) is 10.5 Å². The van der Waals surface area contributed by atoms with Crippen LogP contribution in [-0.2, 0) is 11.3 Å². The quantitative estimate of drug-likeness (QED) is 0.403. The maximum atomic E-state index is 12.2. The Kier molecular flexibility index (Phi) is 4.21. The number of benzene rings is 1. The molecule has 114 valence electrons. The van der Waals surface area contributed by atoms with E-state index in [1.54, 1.807) is 18.3 Å². The van der Waals surface area contributed by atoms with Gasteiger partial charge in [-0.15, -0.1) is 0 Å². The van der Waals surface area contributed by atoms with E-state index in [1.807, 2.05) is 34.9 Å². The first kappa shape index (κ1) is 15.4. The van der Waals surface area contributed by atoms with Gasteiger partial charge in [0.2, 0.25) is 0 Å². The number of ether oxygens (including phenoxy) is 1. The number of carbonyl (C=O) groups is 1. The van der Waals surface area contributed by atoms with Gasteiger partial charge < -0.3 is 14.9 Å². The topological polar surface area (TPSA) is 80.5 Å². The molecule has 0 atom stereocenters. The molecule has 1 aromatic carbocycles. The van der Waals surface area contributed by atoms with Crippen molar-refractivity contribution in [2.45, 2.75) is 6.61 Å². The predicted molar refractivity (Wildman–Crippen MR) is 94.8 cm³/mol. The molecule has 3 rings (SSSR count). The largest absolute Gasteiger partial charge is 0.457 e. The molecule has 0 unspecified atom stereocenters. The molecule has 0 bridgehead atoms. The lowest BCUT2D eigenvalue weighted by Gasteiger charge is -2.07. The molecule has 0 fully saturated rings. The molecule has 2 N–H and O–H groups in total. The van der Waals surface area contributed by atoms with Gasteiger partial charge in [0.15, 0.2) is 0 Å². The molecule has 23 heavy (non-hydrogen) atoms. The Hall–Kier alpha value is -2.53. The number of fused-ring (bicyclic) bond motifs is 1. The number of esters is 1. The number of nitrogen functional groups attached to an aromatic ring is 1. The van der Waals surface area contributed by atoms with Crippen LogP contribution in [0.25, 0.3) is 5.52 Å². The van der Waals surface area contributed by atoms with Gasteiger partial charge in [-0.3, -0.25) is 0 Å². The third-order valence-electron chi connectivity index (χ3n) is 3.47. The minimum absolute atomic E-state index is 0.0221. The van der Waals surface area contributed by atoms with E-state index < -0.39 is 5.97 Å². The maximum Gasteiger partial charge on any atom is 0.340 e. The van der Waals surface area contributed by atoms with Crippen molar-refractivity contribution in [2.24, 2.45) is 0 Å². The van der Waals surface area contributed by atoms with Gasteiger partial charge in [-0.1, -0.05) is 6.07 Å². The number of pyridine rings is 1. The summed E-state index contributed by atoms with van der Waals surface area (Å²) >= 11 is 2.11. The Morgan fingerprint density at radius 1 is 1.35 bits per heavy atom. The lowest BCUT2D eigenvalue weighted by molar-refractivity contribution is 0.0474. The monoisotopic (exact) mass is 417 g/mol. The fourth-order valence-electron chi connectivity index (χ4n) is 2.34. The minimum Gasteiger partial charge on any atom is -0.457 e. The Labute approximate surface area is 146 Å². The summed E-state index contributed by atoms with van der Waals surface area (Å²) in [6.07, 6.45) is 3.64. The Balaban J connectivity index is 1.85. The first-order valence-corrected chi connectivity index (χ1v) is 7.89. The maximum absolute atomic E-state index is 12.2. The molecular weight excluding hydrogens is 405 g/mol. The zero-order valence-corrected chi connectivity index (χ0v) is 14.1. The van der Waals surface area contributed by atoms with Gasteiger partial charge in [0.1, 0.15) is 12.7 Å². The molecule has 0 aliphatic heterocycles. The Bertz CT molecular complexity index is 941. The van der Waals surface area contributed by atoms with Crippen molar-refractivity contribution in [2.75, 3.05) is 5.73 Å². The second-order valence-electron chi connectivity index (χ2n) is 4.94. The van der Waals surface area contributed by atoms with E-state index >= 15 is 0 Å². The predicted octanol–water partition coefficient (Wildman–Crippen LogP) is 3.35. The van der Waals surface area contributed by atoms with E-state index in [0.717, 1.165) is 9.09 Å². The van der Waals surface area contributed by atoms with Crippen LogP contribution >= 0.6 is 22.6 Å². The summed E-state index contributed by atoms with van der Waals surface area (Å²) in [5.74, 6) is -0.500. The van der Waals surface area contributed by atoms with Crippen LogP contribution in [0.15, 0.2) is 48.8 Å². The van der Waals surface area contributed by atoms with Gasteiger partial charge >= 0.3 is 5.97 Å². The number of halogens is 1. The third-order valence-corrected chi connectivity index (χ3v) is 4.14. The highest BCUT2D eigenvalue weighted by molar-refractivity contribution is 14.1. The van der Waals surface area contributed by atoms with Gasteiger partial charge in [0.05, 0.1) is 16.6 Å². The minimum atomic E-state index is -0.500. The molecule has 0 amide bonds. The standard InChI is InChI=1S/C17H12IN3O2/c18-12-4-5-15(20)13(7-12)17(22)23-10-11-9-21-6-2-1-3-16(21)14(11)8-19/h1-7,9H,10,20H2. The van der Waals surface area contributed by atoms with Crippen LogP contribution in [-0.4, -0.2) is 10.4 Å². The molecule has 5 nitrogen and oxygen atoms in total. The second kappa shape index (κ2) is 6.30. The number of hydrogen-bond donors (Lipinski definition) is 1. The highest BCUT2D eigenvalue weighted by atomic mass is 127. The van der Waals surface area contributed by atoms with Crippen molar-refractivity contribution in [3.63, 3.8) is 0 Å². The summed E-state index contributed by atoms with van der Waals surface area (Å²) in [6.45, 7) is 0.0221. The average Bonchev–Trinajstić information content (AvgIpc) is 2.92. The van der Waals surface area contributed by atoms with Crippen molar-refractivity contribution in [1.29, 1.82) is 5.26 Å². The van der Waals surface area contributed by atoms with E-state index in [9.17, 15) is 10.1 Å². The molecule has 3 aromatic rings. The van der Waals surface area contributed by atoms with E-state index in [0.29, 0.717) is 22.4 Å². The summed E-state index contributed by atoms with van der Waals surface area (Å²) < 4.78 is 8.07. The van der Waals surface area contributed by atoms with E-state index in [1.165, 1.54) is 0 Å². The Morgan fingerprint density at radius 2 is 2.17 bits per heavy atom. The Morgan fingerprint density at radius 3 is 2.96 bits per heavy atom. The fourth-order valence-corrected chi connectivity index (χ4v) is 2.83. The smallest absolute Gasteiger partial charge is 0.340 e. The van der Waals surface area contributed by atoms with E-state index in [-0.39, 0.29) is 6.61 Å². The summed E-state index contributed by atoms with van der Waals surface area (Å²) in [4.78, 5) is 12.2. The first-order valence-electron chi connectivity index (χ1n) is 6.81. The van der Waals surface area contributed by atoms with Gasteiger partial charge in [0, 0.05) is 27.2 Å². The van der Waals surface area contributed by atoms with Crippen LogP contribution in [0.1, 0.15) is 21.5 Å². The van der Waals surface area contributed by atoms with Gasteiger partial charge in [-0.05, 0) is 52.9 Å². The fraction of sp³-hybridized carbons (Fsp3) is 0.0588. The van der Waals surface area contributed by atoms with Crippen molar-refractivity contribution in [3.8, 4) is 6.07 Å². The van der Waals surface area contributed by atoms with Crippen molar-refractivity contribution < 1.29 is 9.53 Å². The molecule has 0 aliphatic carbocycles. The van der Waals surface area contributed by atoms with Crippen molar-refractivity contribution in [1.82, 2.24) is 4.40 Å². The number of rotatable bonds is 3. The molecule has 2 heterocycles. The zero-order chi connectivity index (χ0) is 16.4. The lowest BCUT2D eigenvalue weighted by Crippen LogP contribution is -2.08. The van der Waals surface area contributed by atoms with Gasteiger partial charge in [-0.2, -0.15) is 5.26 Å². The number of anilines is 1. The molecular formula is C17H12IN3O2. The van der Waals surface area contributed by atoms with Crippen LogP contribution < -0.4 is 5.73 Å². The normalized spacial score (nSPS) is 10.4. The summed E-state index contributed by atoms with van der Waals surface area (Å²) in [7, 11) is 0. The number of hydrogen-bond acceptors (Lipinski definition) is 4. The second-order valence-corrected chi connectivity index (χ2v) is 6.19. The van der Waals surface area contributed by atoms with Crippen LogP contribution in [0.4, 0.5) is 5.69 Å². The summed E-state index contributed by atoms with van der Waals surface area (Å²) in [5.41, 5.74) is 8.48. The van der Waals surface area contributed by atoms with Gasteiger partial charge in [0.25, 0.3) is 0 Å². The van der Waals surface area contributed by atoms with Gasteiger partial charge in [-0.25, -0.2) is 4.79 Å². The molecule has 0 spiro atoms.